The number of aromatic nitrogens is 1. The van der Waals surface area contributed by atoms with E-state index < -0.39 is 0 Å². The Balaban J connectivity index is 2.65. The molecule has 1 aromatic heterocycles. The number of nitrogens with zero attached hydrogens (tertiary/aromatic N) is 1. The fourth-order valence-electron chi connectivity index (χ4n) is 2.65. The SMILES string of the molecule is CCNc1c(C)c(CC)nc2c(CCOC)cccc12. The summed E-state index contributed by atoms with van der Waals surface area (Å²) in [5.74, 6) is 0. The molecule has 1 heterocycles. The highest BCUT2D eigenvalue weighted by Crippen LogP contribution is 2.30. The molecule has 0 amide bonds. The standard InChI is InChI=1S/C17H24N2O/c1-5-15-12(3)16(18-6-2)14-9-7-8-13(10-11-20-4)17(14)19-15/h7-9H,5-6,10-11H2,1-4H3,(H,18,19). The van der Waals surface area contributed by atoms with Gasteiger partial charge in [-0.15, -0.1) is 0 Å². The zero-order valence-electron chi connectivity index (χ0n) is 12.9. The normalized spacial score (nSPS) is 11.0. The highest BCUT2D eigenvalue weighted by molar-refractivity contribution is 5.95. The number of ether oxygens (including phenoxy) is 1. The van der Waals surface area contributed by atoms with Crippen molar-refractivity contribution in [1.29, 1.82) is 0 Å². The fourth-order valence-corrected chi connectivity index (χ4v) is 2.65. The Labute approximate surface area is 121 Å². The van der Waals surface area contributed by atoms with Gasteiger partial charge in [0.05, 0.1) is 12.1 Å². The van der Waals surface area contributed by atoms with Gasteiger partial charge in [0.25, 0.3) is 0 Å². The third kappa shape index (κ3) is 2.78. The zero-order valence-corrected chi connectivity index (χ0v) is 12.9. The lowest BCUT2D eigenvalue weighted by atomic mass is 10.0. The third-order valence-electron chi connectivity index (χ3n) is 3.71. The summed E-state index contributed by atoms with van der Waals surface area (Å²) in [7, 11) is 1.74. The van der Waals surface area contributed by atoms with Crippen molar-refractivity contribution in [2.24, 2.45) is 0 Å². The largest absolute Gasteiger partial charge is 0.385 e. The number of anilines is 1. The number of nitrogens with one attached hydrogen (secondary N) is 1. The van der Waals surface area contributed by atoms with Gasteiger partial charge in [-0.3, -0.25) is 4.98 Å². The monoisotopic (exact) mass is 272 g/mol. The van der Waals surface area contributed by atoms with Crippen LogP contribution in [0, 0.1) is 6.92 Å². The van der Waals surface area contributed by atoms with E-state index in [0.717, 1.165) is 31.5 Å². The molecule has 20 heavy (non-hydrogen) atoms. The van der Waals surface area contributed by atoms with E-state index in [1.165, 1.54) is 27.9 Å². The van der Waals surface area contributed by atoms with Crippen molar-refractivity contribution in [1.82, 2.24) is 4.98 Å². The minimum absolute atomic E-state index is 0.729. The van der Waals surface area contributed by atoms with E-state index in [9.17, 15) is 0 Å². The van der Waals surface area contributed by atoms with E-state index in [4.69, 9.17) is 9.72 Å². The summed E-state index contributed by atoms with van der Waals surface area (Å²) in [4.78, 5) is 4.89. The summed E-state index contributed by atoms with van der Waals surface area (Å²) in [6.07, 6.45) is 1.86. The molecule has 0 fully saturated rings. The highest BCUT2D eigenvalue weighted by atomic mass is 16.5. The summed E-state index contributed by atoms with van der Waals surface area (Å²) in [6, 6.07) is 6.42. The predicted molar refractivity (Wildman–Crippen MR) is 85.6 cm³/mol. The molecule has 0 saturated heterocycles. The van der Waals surface area contributed by atoms with Crippen molar-refractivity contribution in [2.75, 3.05) is 25.6 Å². The minimum atomic E-state index is 0.729. The molecule has 0 unspecified atom stereocenters. The average molecular weight is 272 g/mol. The molecule has 3 nitrogen and oxygen atoms in total. The van der Waals surface area contributed by atoms with Crippen LogP contribution in [0.3, 0.4) is 0 Å². The molecule has 1 aromatic carbocycles. The van der Waals surface area contributed by atoms with Crippen molar-refractivity contribution >= 4 is 16.6 Å². The Morgan fingerprint density at radius 1 is 1.25 bits per heavy atom. The quantitative estimate of drug-likeness (QED) is 0.870. The number of aryl methyl sites for hydroxylation is 1. The van der Waals surface area contributed by atoms with Gasteiger partial charge in [0.1, 0.15) is 0 Å². The van der Waals surface area contributed by atoms with Crippen LogP contribution in [0.2, 0.25) is 0 Å². The van der Waals surface area contributed by atoms with Crippen LogP contribution in [0.15, 0.2) is 18.2 Å². The van der Waals surface area contributed by atoms with Gasteiger partial charge in [0.15, 0.2) is 0 Å². The lowest BCUT2D eigenvalue weighted by Crippen LogP contribution is -2.06. The second-order valence-electron chi connectivity index (χ2n) is 5.00. The molecule has 0 bridgehead atoms. The lowest BCUT2D eigenvalue weighted by molar-refractivity contribution is 0.202. The molecule has 3 heteroatoms. The number of rotatable bonds is 6. The van der Waals surface area contributed by atoms with Crippen molar-refractivity contribution in [2.45, 2.75) is 33.6 Å². The molecule has 0 saturated carbocycles. The van der Waals surface area contributed by atoms with Gasteiger partial charge in [0, 0.05) is 30.4 Å². The van der Waals surface area contributed by atoms with E-state index >= 15 is 0 Å². The molecular weight excluding hydrogens is 248 g/mol. The molecule has 0 aliphatic heterocycles. The van der Waals surface area contributed by atoms with Crippen LogP contribution in [0.4, 0.5) is 5.69 Å². The topological polar surface area (TPSA) is 34.2 Å². The lowest BCUT2D eigenvalue weighted by Gasteiger charge is -2.16. The molecule has 0 aliphatic carbocycles. The van der Waals surface area contributed by atoms with Crippen LogP contribution in [-0.4, -0.2) is 25.2 Å². The van der Waals surface area contributed by atoms with Crippen molar-refractivity contribution in [3.63, 3.8) is 0 Å². The number of hydrogen-bond acceptors (Lipinski definition) is 3. The molecule has 1 N–H and O–H groups in total. The number of para-hydroxylation sites is 1. The maximum absolute atomic E-state index is 5.21. The molecule has 0 radical (unpaired) electrons. The molecule has 0 spiro atoms. The predicted octanol–water partition coefficient (Wildman–Crippen LogP) is 3.73. The summed E-state index contributed by atoms with van der Waals surface area (Å²) in [5.41, 5.74) is 6.05. The molecule has 0 atom stereocenters. The number of benzene rings is 1. The smallest absolute Gasteiger partial charge is 0.0759 e. The first-order chi connectivity index (χ1) is 9.72. The van der Waals surface area contributed by atoms with Gasteiger partial charge in [-0.2, -0.15) is 0 Å². The van der Waals surface area contributed by atoms with Gasteiger partial charge >= 0.3 is 0 Å². The first kappa shape index (κ1) is 14.8. The fraction of sp³-hybridized carbons (Fsp3) is 0.471. The van der Waals surface area contributed by atoms with Crippen LogP contribution in [0.5, 0.6) is 0 Å². The van der Waals surface area contributed by atoms with Gasteiger partial charge in [-0.05, 0) is 37.8 Å². The number of methoxy groups -OCH3 is 1. The molecule has 2 aromatic rings. The Kier molecular flexibility index (Phi) is 4.96. The first-order valence-corrected chi connectivity index (χ1v) is 7.36. The maximum Gasteiger partial charge on any atom is 0.0759 e. The molecule has 2 rings (SSSR count). The van der Waals surface area contributed by atoms with Gasteiger partial charge in [-0.25, -0.2) is 0 Å². The Bertz CT molecular complexity index is 593. The highest BCUT2D eigenvalue weighted by Gasteiger charge is 2.12. The number of fused-ring (bicyclic) bond motifs is 1. The van der Waals surface area contributed by atoms with Crippen molar-refractivity contribution < 1.29 is 4.74 Å². The number of hydrogen-bond donors (Lipinski definition) is 1. The summed E-state index contributed by atoms with van der Waals surface area (Å²) >= 11 is 0. The Morgan fingerprint density at radius 2 is 2.05 bits per heavy atom. The summed E-state index contributed by atoms with van der Waals surface area (Å²) in [6.45, 7) is 8.10. The van der Waals surface area contributed by atoms with Gasteiger partial charge in [0.2, 0.25) is 0 Å². The van der Waals surface area contributed by atoms with Crippen LogP contribution in [-0.2, 0) is 17.6 Å². The van der Waals surface area contributed by atoms with Crippen LogP contribution in [0.1, 0.15) is 30.7 Å². The van der Waals surface area contributed by atoms with E-state index in [1.807, 2.05) is 0 Å². The maximum atomic E-state index is 5.21. The van der Waals surface area contributed by atoms with Crippen LogP contribution in [0.25, 0.3) is 10.9 Å². The summed E-state index contributed by atoms with van der Waals surface area (Å²) < 4.78 is 5.21. The van der Waals surface area contributed by atoms with Crippen molar-refractivity contribution in [3.8, 4) is 0 Å². The Morgan fingerprint density at radius 3 is 2.70 bits per heavy atom. The number of pyridine rings is 1. The average Bonchev–Trinajstić information content (AvgIpc) is 2.47. The van der Waals surface area contributed by atoms with E-state index in [0.29, 0.717) is 0 Å². The minimum Gasteiger partial charge on any atom is -0.385 e. The first-order valence-electron chi connectivity index (χ1n) is 7.36. The van der Waals surface area contributed by atoms with Crippen LogP contribution >= 0.6 is 0 Å². The third-order valence-corrected chi connectivity index (χ3v) is 3.71. The van der Waals surface area contributed by atoms with Gasteiger partial charge < -0.3 is 10.1 Å². The molecule has 0 aliphatic rings. The van der Waals surface area contributed by atoms with Gasteiger partial charge in [-0.1, -0.05) is 25.1 Å². The van der Waals surface area contributed by atoms with E-state index in [1.54, 1.807) is 7.11 Å². The van der Waals surface area contributed by atoms with E-state index in [2.05, 4.69) is 44.3 Å². The van der Waals surface area contributed by atoms with Crippen molar-refractivity contribution in [3.05, 3.63) is 35.0 Å². The summed E-state index contributed by atoms with van der Waals surface area (Å²) in [5, 5.41) is 4.72. The zero-order chi connectivity index (χ0) is 14.5. The second-order valence-corrected chi connectivity index (χ2v) is 5.00. The molecule has 108 valence electrons. The molecular formula is C17H24N2O. The second kappa shape index (κ2) is 6.71. The van der Waals surface area contributed by atoms with Crippen LogP contribution < -0.4 is 5.32 Å². The Hall–Kier alpha value is -1.61. The van der Waals surface area contributed by atoms with E-state index in [-0.39, 0.29) is 0 Å².